The van der Waals surface area contributed by atoms with Gasteiger partial charge in [0.25, 0.3) is 5.91 Å². The maximum atomic E-state index is 14.2. The highest BCUT2D eigenvalue weighted by atomic mass is 19.2. The van der Waals surface area contributed by atoms with Crippen LogP contribution in [-0.4, -0.2) is 22.8 Å². The minimum absolute atomic E-state index is 0.0409. The van der Waals surface area contributed by atoms with Crippen LogP contribution in [0.25, 0.3) is 0 Å². The minimum Gasteiger partial charge on any atom is -0.479 e. The number of ketones is 1. The molecule has 26 heavy (non-hydrogen) atoms. The van der Waals surface area contributed by atoms with Gasteiger partial charge in [0.05, 0.1) is 11.1 Å². The summed E-state index contributed by atoms with van der Waals surface area (Å²) >= 11 is 0. The van der Waals surface area contributed by atoms with Crippen LogP contribution in [0, 0.1) is 23.3 Å². The molecule has 2 aromatic rings. The molecule has 0 radical (unpaired) electrons. The Balaban J connectivity index is 2.57. The summed E-state index contributed by atoms with van der Waals surface area (Å²) in [4.78, 5) is 34.6. The molecule has 2 rings (SSSR count). The molecule has 0 aromatic heterocycles. The Kier molecular flexibility index (Phi) is 5.39. The lowest BCUT2D eigenvalue weighted by molar-refractivity contribution is -0.139. The van der Waals surface area contributed by atoms with Crippen molar-refractivity contribution in [1.82, 2.24) is 5.32 Å². The highest BCUT2D eigenvalue weighted by molar-refractivity contribution is 5.97. The van der Waals surface area contributed by atoms with E-state index in [2.05, 4.69) is 0 Å². The van der Waals surface area contributed by atoms with E-state index in [-0.39, 0.29) is 5.56 Å². The zero-order valence-electron chi connectivity index (χ0n) is 13.1. The van der Waals surface area contributed by atoms with E-state index < -0.39 is 58.1 Å². The number of carbonyl (C=O) groups excluding carboxylic acids is 2. The fourth-order valence-electron chi connectivity index (χ4n) is 2.27. The second-order valence-corrected chi connectivity index (χ2v) is 5.21. The van der Waals surface area contributed by atoms with E-state index in [4.69, 9.17) is 0 Å². The summed E-state index contributed by atoms with van der Waals surface area (Å²) in [5.74, 6) is -12.5. The van der Waals surface area contributed by atoms with E-state index in [1.165, 1.54) is 24.3 Å². The average molecular weight is 369 g/mol. The number of Topliss-reactive ketones (excluding diaryl/α,β-unsaturated/α-hetero) is 1. The summed E-state index contributed by atoms with van der Waals surface area (Å²) in [5, 5.41) is 11.0. The smallest absolute Gasteiger partial charge is 0.331 e. The van der Waals surface area contributed by atoms with Crippen LogP contribution in [0.3, 0.4) is 0 Å². The quantitative estimate of drug-likeness (QED) is 0.482. The molecule has 1 amide bonds. The number of hydrogen-bond donors (Lipinski definition) is 2. The van der Waals surface area contributed by atoms with Crippen molar-refractivity contribution >= 4 is 17.7 Å². The van der Waals surface area contributed by atoms with E-state index in [0.29, 0.717) is 6.92 Å². The maximum Gasteiger partial charge on any atom is 0.331 e. The molecular weight excluding hydrogens is 358 g/mol. The Morgan fingerprint density at radius 3 is 1.85 bits per heavy atom. The largest absolute Gasteiger partial charge is 0.479 e. The molecule has 0 fully saturated rings. The highest BCUT2D eigenvalue weighted by Gasteiger charge is 2.35. The third kappa shape index (κ3) is 3.41. The molecule has 136 valence electrons. The number of hydrogen-bond acceptors (Lipinski definition) is 3. The van der Waals surface area contributed by atoms with Gasteiger partial charge in [-0.15, -0.1) is 0 Å². The molecule has 0 aliphatic heterocycles. The summed E-state index contributed by atoms with van der Waals surface area (Å²) < 4.78 is 56.2. The molecule has 0 bridgehead atoms. The third-order valence-corrected chi connectivity index (χ3v) is 3.50. The molecule has 0 saturated heterocycles. The van der Waals surface area contributed by atoms with Crippen LogP contribution in [0.5, 0.6) is 0 Å². The van der Waals surface area contributed by atoms with Gasteiger partial charge in [-0.3, -0.25) is 9.59 Å². The number of carboxylic acids is 1. The second-order valence-electron chi connectivity index (χ2n) is 5.21. The van der Waals surface area contributed by atoms with E-state index >= 15 is 0 Å². The molecule has 2 aromatic carbocycles. The van der Waals surface area contributed by atoms with Crippen LogP contribution in [0.15, 0.2) is 30.3 Å². The second kappa shape index (κ2) is 7.34. The number of benzene rings is 2. The normalized spacial score (nSPS) is 11.7. The lowest BCUT2D eigenvalue weighted by Crippen LogP contribution is -2.35. The molecule has 0 heterocycles. The van der Waals surface area contributed by atoms with Crippen LogP contribution < -0.4 is 5.32 Å². The van der Waals surface area contributed by atoms with Crippen molar-refractivity contribution in [2.75, 3.05) is 0 Å². The van der Waals surface area contributed by atoms with Crippen molar-refractivity contribution in [3.05, 3.63) is 70.3 Å². The zero-order chi connectivity index (χ0) is 19.6. The monoisotopic (exact) mass is 369 g/mol. The molecular formula is C17H11F4NO4. The number of carbonyl (C=O) groups is 3. The first kappa shape index (κ1) is 19.1. The topological polar surface area (TPSA) is 83.5 Å². The fourth-order valence-corrected chi connectivity index (χ4v) is 2.27. The first-order valence-electron chi connectivity index (χ1n) is 7.12. The lowest BCUT2D eigenvalue weighted by atomic mass is 9.99. The van der Waals surface area contributed by atoms with Gasteiger partial charge in [-0.05, 0) is 19.1 Å². The predicted octanol–water partition coefficient (Wildman–Crippen LogP) is 3.00. The molecule has 0 aliphatic carbocycles. The van der Waals surface area contributed by atoms with Gasteiger partial charge in [0.2, 0.25) is 0 Å². The van der Waals surface area contributed by atoms with Crippen LogP contribution >= 0.6 is 0 Å². The van der Waals surface area contributed by atoms with Gasteiger partial charge < -0.3 is 10.4 Å². The van der Waals surface area contributed by atoms with Gasteiger partial charge in [0, 0.05) is 5.56 Å². The van der Waals surface area contributed by atoms with E-state index in [0.717, 1.165) is 0 Å². The number of carboxylic acid groups (broad SMARTS) is 1. The number of nitrogens with one attached hydrogen (secondary N) is 1. The van der Waals surface area contributed by atoms with E-state index in [1.807, 2.05) is 0 Å². The average Bonchev–Trinajstić information content (AvgIpc) is 2.59. The summed E-state index contributed by atoms with van der Waals surface area (Å²) in [6.45, 7) is 0.686. The number of halogens is 4. The molecule has 0 aliphatic rings. The van der Waals surface area contributed by atoms with Crippen molar-refractivity contribution < 1.29 is 37.1 Å². The Bertz CT molecular complexity index is 870. The molecule has 2 N–H and O–H groups in total. The van der Waals surface area contributed by atoms with Gasteiger partial charge in [-0.1, -0.05) is 18.2 Å². The van der Waals surface area contributed by atoms with Gasteiger partial charge in [-0.2, -0.15) is 0 Å². The van der Waals surface area contributed by atoms with Crippen LogP contribution in [0.1, 0.15) is 39.2 Å². The minimum atomic E-state index is -2.42. The molecule has 9 heteroatoms. The molecule has 0 saturated carbocycles. The van der Waals surface area contributed by atoms with Gasteiger partial charge in [-0.25, -0.2) is 22.4 Å². The van der Waals surface area contributed by atoms with Crippen LogP contribution in [0.2, 0.25) is 0 Å². The Labute approximate surface area is 144 Å². The fraction of sp³-hybridized carbons (Fsp3) is 0.118. The summed E-state index contributed by atoms with van der Waals surface area (Å²) in [6, 6.07) is 4.63. The molecule has 5 nitrogen and oxygen atoms in total. The van der Waals surface area contributed by atoms with E-state index in [1.54, 1.807) is 11.4 Å². The van der Waals surface area contributed by atoms with Gasteiger partial charge in [0.1, 0.15) is 0 Å². The van der Waals surface area contributed by atoms with Crippen LogP contribution in [0.4, 0.5) is 17.6 Å². The summed E-state index contributed by atoms with van der Waals surface area (Å²) in [5.41, 5.74) is -3.06. The lowest BCUT2D eigenvalue weighted by Gasteiger charge is -2.18. The Morgan fingerprint density at radius 1 is 0.923 bits per heavy atom. The molecule has 0 spiro atoms. The summed E-state index contributed by atoms with van der Waals surface area (Å²) in [6.07, 6.45) is 0. The SMILES string of the molecule is CC(=O)c1c(F)c(F)c(C(NC(=O)c2ccccc2)C(=O)O)c(F)c1F. The van der Waals surface area contributed by atoms with Crippen molar-refractivity contribution in [2.45, 2.75) is 13.0 Å². The summed E-state index contributed by atoms with van der Waals surface area (Å²) in [7, 11) is 0. The van der Waals surface area contributed by atoms with Crippen molar-refractivity contribution in [3.8, 4) is 0 Å². The van der Waals surface area contributed by atoms with E-state index in [9.17, 15) is 37.1 Å². The predicted molar refractivity (Wildman–Crippen MR) is 80.6 cm³/mol. The third-order valence-electron chi connectivity index (χ3n) is 3.50. The van der Waals surface area contributed by atoms with Gasteiger partial charge >= 0.3 is 5.97 Å². The van der Waals surface area contributed by atoms with Crippen molar-refractivity contribution in [3.63, 3.8) is 0 Å². The number of aliphatic carboxylic acids is 1. The first-order valence-corrected chi connectivity index (χ1v) is 7.12. The number of rotatable bonds is 5. The highest BCUT2D eigenvalue weighted by Crippen LogP contribution is 2.29. The van der Waals surface area contributed by atoms with Crippen LogP contribution in [-0.2, 0) is 4.79 Å². The molecule has 1 atom stereocenters. The Morgan fingerprint density at radius 2 is 1.42 bits per heavy atom. The first-order chi connectivity index (χ1) is 12.2. The Hall–Kier alpha value is -3.23. The van der Waals surface area contributed by atoms with Crippen molar-refractivity contribution in [1.29, 1.82) is 0 Å². The van der Waals surface area contributed by atoms with Crippen molar-refractivity contribution in [2.24, 2.45) is 0 Å². The maximum absolute atomic E-state index is 14.2. The zero-order valence-corrected chi connectivity index (χ0v) is 13.1. The standard InChI is InChI=1S/C17H11F4NO4/c1-7(23)9-11(18)13(20)10(14(21)12(9)19)15(17(25)26)22-16(24)8-5-3-2-4-6-8/h2-6,15H,1H3,(H,22,24)(H,25,26). The number of amides is 1. The molecule has 1 unspecified atom stereocenters. The van der Waals surface area contributed by atoms with Gasteiger partial charge in [0.15, 0.2) is 35.1 Å².